The van der Waals surface area contributed by atoms with E-state index >= 15 is 0 Å². The average molecular weight is 815 g/mol. The van der Waals surface area contributed by atoms with E-state index in [0.29, 0.717) is 12.8 Å². The van der Waals surface area contributed by atoms with E-state index < -0.39 is 71.2 Å². The lowest BCUT2D eigenvalue weighted by Gasteiger charge is -2.40. The number of ether oxygens (including phenoxy) is 4. The molecule has 0 aromatic rings. The SMILES string of the molecule is CCCCC/C=C/C=C/CCCCCCCCC(=O)OCC(CO[C@H]1O[C@H](CS(=O)(=O)O)[C@@H](O)C(O)C1O)OC(=O)CC/C=C/C/C=C/CCCCCCCC. The predicted molar refractivity (Wildman–Crippen MR) is 219 cm³/mol. The molecule has 0 bridgehead atoms. The summed E-state index contributed by atoms with van der Waals surface area (Å²) in [6.07, 6.45) is 28.9. The number of rotatable bonds is 34. The lowest BCUT2D eigenvalue weighted by Crippen LogP contribution is -2.60. The molecule has 0 spiro atoms. The Morgan fingerprint density at radius 2 is 1.16 bits per heavy atom. The molecule has 12 nitrogen and oxygen atoms in total. The highest BCUT2D eigenvalue weighted by Crippen LogP contribution is 2.24. The summed E-state index contributed by atoms with van der Waals surface area (Å²) in [5.74, 6) is -2.09. The van der Waals surface area contributed by atoms with Crippen LogP contribution in [0, 0.1) is 0 Å². The summed E-state index contributed by atoms with van der Waals surface area (Å²) in [5.41, 5.74) is 0. The van der Waals surface area contributed by atoms with Crippen molar-refractivity contribution in [1.29, 1.82) is 0 Å². The monoisotopic (exact) mass is 814 g/mol. The van der Waals surface area contributed by atoms with Gasteiger partial charge in [-0.3, -0.25) is 14.1 Å². The predicted octanol–water partition coefficient (Wildman–Crippen LogP) is 8.00. The van der Waals surface area contributed by atoms with Crippen LogP contribution in [0.15, 0.2) is 48.6 Å². The summed E-state index contributed by atoms with van der Waals surface area (Å²) in [7, 11) is -4.61. The zero-order chi connectivity index (χ0) is 41.3. The zero-order valence-electron chi connectivity index (χ0n) is 34.2. The molecule has 1 saturated heterocycles. The van der Waals surface area contributed by atoms with Crippen LogP contribution in [0.25, 0.3) is 0 Å². The first-order chi connectivity index (χ1) is 27.0. The van der Waals surface area contributed by atoms with Gasteiger partial charge in [-0.15, -0.1) is 0 Å². The van der Waals surface area contributed by atoms with Gasteiger partial charge in [-0.25, -0.2) is 0 Å². The summed E-state index contributed by atoms with van der Waals surface area (Å²) < 4.78 is 53.8. The Morgan fingerprint density at radius 3 is 1.79 bits per heavy atom. The van der Waals surface area contributed by atoms with Crippen LogP contribution >= 0.6 is 0 Å². The van der Waals surface area contributed by atoms with Crippen LogP contribution < -0.4 is 0 Å². The van der Waals surface area contributed by atoms with E-state index in [0.717, 1.165) is 57.8 Å². The molecule has 1 fully saturated rings. The molecule has 4 N–H and O–H groups in total. The molecule has 6 atom stereocenters. The molecule has 1 aliphatic heterocycles. The third-order valence-electron chi connectivity index (χ3n) is 9.42. The number of hydrogen-bond acceptors (Lipinski definition) is 11. The lowest BCUT2D eigenvalue weighted by atomic mass is 10.00. The van der Waals surface area contributed by atoms with Crippen LogP contribution in [0.2, 0.25) is 0 Å². The van der Waals surface area contributed by atoms with Gasteiger partial charge in [0, 0.05) is 12.8 Å². The minimum Gasteiger partial charge on any atom is -0.462 e. The first-order valence-corrected chi connectivity index (χ1v) is 22.8. The first-order valence-electron chi connectivity index (χ1n) is 21.2. The molecule has 0 amide bonds. The average Bonchev–Trinajstić information content (AvgIpc) is 3.16. The van der Waals surface area contributed by atoms with Crippen molar-refractivity contribution in [2.45, 2.75) is 192 Å². The molecule has 0 saturated carbocycles. The topological polar surface area (TPSA) is 186 Å². The van der Waals surface area contributed by atoms with Crippen molar-refractivity contribution < 1.29 is 56.8 Å². The minimum absolute atomic E-state index is 0.0543. The third-order valence-corrected chi connectivity index (χ3v) is 10.2. The smallest absolute Gasteiger partial charge is 0.306 e. The highest BCUT2D eigenvalue weighted by Gasteiger charge is 2.46. The Bertz CT molecular complexity index is 1230. The van der Waals surface area contributed by atoms with Crippen molar-refractivity contribution in [3.63, 3.8) is 0 Å². The Balaban J connectivity index is 2.53. The molecule has 0 aromatic heterocycles. The summed E-state index contributed by atoms with van der Waals surface area (Å²) in [4.78, 5) is 25.3. The van der Waals surface area contributed by atoms with Gasteiger partial charge in [-0.2, -0.15) is 8.42 Å². The van der Waals surface area contributed by atoms with Gasteiger partial charge in [0.1, 0.15) is 36.8 Å². The molecule has 324 valence electrons. The van der Waals surface area contributed by atoms with E-state index in [1.165, 1.54) is 57.8 Å². The van der Waals surface area contributed by atoms with Gasteiger partial charge in [-0.05, 0) is 57.8 Å². The fraction of sp³-hybridized carbons (Fsp3) is 0.767. The van der Waals surface area contributed by atoms with Gasteiger partial charge in [-0.1, -0.05) is 133 Å². The van der Waals surface area contributed by atoms with Crippen LogP contribution in [-0.2, 0) is 38.7 Å². The fourth-order valence-electron chi connectivity index (χ4n) is 6.07. The van der Waals surface area contributed by atoms with E-state index in [1.54, 1.807) is 0 Å². The van der Waals surface area contributed by atoms with Gasteiger partial charge < -0.3 is 34.3 Å². The number of carbonyl (C=O) groups excluding carboxylic acids is 2. The number of allylic oxidation sites excluding steroid dienone is 8. The molecule has 1 heterocycles. The highest BCUT2D eigenvalue weighted by molar-refractivity contribution is 7.85. The second-order valence-corrected chi connectivity index (χ2v) is 16.2. The Morgan fingerprint density at radius 1 is 0.625 bits per heavy atom. The second kappa shape index (κ2) is 33.6. The Hall–Kier alpha value is -2.39. The highest BCUT2D eigenvalue weighted by atomic mass is 32.2. The molecule has 1 rings (SSSR count). The van der Waals surface area contributed by atoms with Crippen LogP contribution in [0.4, 0.5) is 0 Å². The summed E-state index contributed by atoms with van der Waals surface area (Å²) >= 11 is 0. The van der Waals surface area contributed by atoms with Crippen LogP contribution in [0.5, 0.6) is 0 Å². The maximum Gasteiger partial charge on any atom is 0.306 e. The number of carbonyl (C=O) groups is 2. The fourth-order valence-corrected chi connectivity index (χ4v) is 6.76. The largest absolute Gasteiger partial charge is 0.462 e. The zero-order valence-corrected chi connectivity index (χ0v) is 35.0. The summed E-state index contributed by atoms with van der Waals surface area (Å²) in [6, 6.07) is 0. The molecule has 3 unspecified atom stereocenters. The van der Waals surface area contributed by atoms with Gasteiger partial charge in [0.15, 0.2) is 12.4 Å². The van der Waals surface area contributed by atoms with Crippen molar-refractivity contribution in [3.05, 3.63) is 48.6 Å². The summed E-state index contributed by atoms with van der Waals surface area (Å²) in [5, 5.41) is 30.8. The van der Waals surface area contributed by atoms with Crippen molar-refractivity contribution in [2.24, 2.45) is 0 Å². The van der Waals surface area contributed by atoms with Gasteiger partial charge in [0.25, 0.3) is 10.1 Å². The lowest BCUT2D eigenvalue weighted by molar-refractivity contribution is -0.297. The number of aliphatic hydroxyl groups is 3. The van der Waals surface area contributed by atoms with Crippen LogP contribution in [0.3, 0.4) is 0 Å². The number of aliphatic hydroxyl groups excluding tert-OH is 3. The van der Waals surface area contributed by atoms with Crippen LogP contribution in [-0.4, -0.2) is 96.0 Å². The van der Waals surface area contributed by atoms with Gasteiger partial charge >= 0.3 is 11.9 Å². The number of unbranched alkanes of at least 4 members (excludes halogenated alkanes) is 15. The van der Waals surface area contributed by atoms with E-state index in [-0.39, 0.29) is 19.4 Å². The van der Waals surface area contributed by atoms with Crippen LogP contribution in [0.1, 0.15) is 155 Å². The van der Waals surface area contributed by atoms with E-state index in [4.69, 9.17) is 18.9 Å². The molecule has 0 radical (unpaired) electrons. The quantitative estimate of drug-likeness (QED) is 0.0162. The third kappa shape index (κ3) is 28.1. The second-order valence-electron chi connectivity index (χ2n) is 14.7. The molecular weight excluding hydrogens is 741 g/mol. The van der Waals surface area contributed by atoms with Crippen molar-refractivity contribution in [1.82, 2.24) is 0 Å². The number of hydrogen-bond donors (Lipinski definition) is 4. The van der Waals surface area contributed by atoms with Crippen molar-refractivity contribution >= 4 is 22.1 Å². The van der Waals surface area contributed by atoms with Gasteiger partial charge in [0.05, 0.1) is 6.61 Å². The number of esters is 2. The van der Waals surface area contributed by atoms with Crippen molar-refractivity contribution in [3.8, 4) is 0 Å². The molecule has 0 aromatic carbocycles. The standard InChI is InChI=1S/C43H74O12S/c1-3-5-7-9-11-13-15-17-18-20-21-23-25-27-29-31-38(44)52-33-36(34-53-43-42(48)41(47)40(46)37(55-43)35-56(49,50)51)54-39(45)32-30-28-26-24-22-19-16-14-12-10-8-6-4-2/h11,13,15,17,19,22,26,28,36-37,40-43,46-48H,3-10,12,14,16,18,20-21,23-25,27,29-35H2,1-2H3,(H,49,50,51)/b13-11+,17-15+,22-19+,28-26+/t36?,37-,40-,41?,42?,43+/m1/s1. The summed E-state index contributed by atoms with van der Waals surface area (Å²) in [6.45, 7) is 3.64. The molecular formula is C43H74O12S. The maximum atomic E-state index is 12.7. The van der Waals surface area contributed by atoms with E-state index in [2.05, 4.69) is 50.3 Å². The molecule has 0 aliphatic carbocycles. The Labute approximate surface area is 337 Å². The molecule has 56 heavy (non-hydrogen) atoms. The molecule has 13 heteroatoms. The van der Waals surface area contributed by atoms with Gasteiger partial charge in [0.2, 0.25) is 0 Å². The molecule has 1 aliphatic rings. The minimum atomic E-state index is -4.61. The Kier molecular flexibility index (Phi) is 30.9. The first kappa shape index (κ1) is 51.6. The normalized spacial score (nSPS) is 21.1. The van der Waals surface area contributed by atoms with E-state index in [1.807, 2.05) is 12.2 Å². The van der Waals surface area contributed by atoms with E-state index in [9.17, 15) is 37.9 Å². The van der Waals surface area contributed by atoms with Crippen molar-refractivity contribution in [2.75, 3.05) is 19.0 Å². The maximum absolute atomic E-state index is 12.7.